The Morgan fingerprint density at radius 2 is 2.08 bits per heavy atom. The van der Waals surface area contributed by atoms with Crippen molar-refractivity contribution in [2.45, 2.75) is 45.4 Å². The normalized spacial score (nSPS) is 25.0. The molecule has 1 unspecified atom stereocenters. The van der Waals surface area contributed by atoms with E-state index in [-0.39, 0.29) is 11.2 Å². The number of hydrogen-bond acceptors (Lipinski definition) is 5. The summed E-state index contributed by atoms with van der Waals surface area (Å²) in [6.07, 6.45) is 4.05. The molecule has 0 amide bonds. The van der Waals surface area contributed by atoms with Gasteiger partial charge in [-0.2, -0.15) is 0 Å². The molecule has 24 heavy (non-hydrogen) atoms. The molecule has 0 saturated heterocycles. The SMILES string of the molecule is CCC1(c2ccccn2)C2=C(CC(C)(C)CC2=O)Nc2ncsc21. The second-order valence-corrected chi connectivity index (χ2v) is 8.28. The fourth-order valence-electron chi connectivity index (χ4n) is 4.20. The minimum absolute atomic E-state index is 0.0277. The number of Topliss-reactive ketones (excluding diaryl/α,β-unsaturated/α-hetero) is 1. The predicted molar refractivity (Wildman–Crippen MR) is 96.1 cm³/mol. The van der Waals surface area contributed by atoms with Crippen LogP contribution >= 0.6 is 11.3 Å². The second-order valence-electron chi connectivity index (χ2n) is 7.42. The number of carbonyl (C=O) groups is 1. The van der Waals surface area contributed by atoms with Gasteiger partial charge in [0.1, 0.15) is 5.82 Å². The van der Waals surface area contributed by atoms with Crippen molar-refractivity contribution in [3.63, 3.8) is 0 Å². The molecule has 0 radical (unpaired) electrons. The highest BCUT2D eigenvalue weighted by atomic mass is 32.1. The summed E-state index contributed by atoms with van der Waals surface area (Å²) in [6.45, 7) is 6.45. The van der Waals surface area contributed by atoms with Gasteiger partial charge < -0.3 is 5.32 Å². The van der Waals surface area contributed by atoms with Gasteiger partial charge in [0.25, 0.3) is 0 Å². The van der Waals surface area contributed by atoms with E-state index in [2.05, 4.69) is 36.1 Å². The van der Waals surface area contributed by atoms with Crippen molar-refractivity contribution < 1.29 is 4.79 Å². The van der Waals surface area contributed by atoms with Crippen LogP contribution in [0.2, 0.25) is 0 Å². The number of nitrogens with one attached hydrogen (secondary N) is 1. The van der Waals surface area contributed by atoms with Crippen molar-refractivity contribution in [2.24, 2.45) is 5.41 Å². The first-order valence-corrected chi connectivity index (χ1v) is 9.25. The Morgan fingerprint density at radius 1 is 1.25 bits per heavy atom. The first-order valence-electron chi connectivity index (χ1n) is 8.37. The van der Waals surface area contributed by atoms with Gasteiger partial charge in [0.15, 0.2) is 5.78 Å². The molecule has 0 spiro atoms. The molecule has 1 aliphatic carbocycles. The fourth-order valence-corrected chi connectivity index (χ4v) is 5.23. The second kappa shape index (κ2) is 5.24. The molecule has 1 N–H and O–H groups in total. The van der Waals surface area contributed by atoms with E-state index < -0.39 is 5.41 Å². The monoisotopic (exact) mass is 339 g/mol. The minimum atomic E-state index is -0.480. The van der Waals surface area contributed by atoms with Crippen LogP contribution in [0.25, 0.3) is 0 Å². The topological polar surface area (TPSA) is 54.9 Å². The number of anilines is 1. The number of nitrogens with zero attached hydrogens (tertiary/aromatic N) is 2. The van der Waals surface area contributed by atoms with Crippen molar-refractivity contribution in [1.82, 2.24) is 9.97 Å². The van der Waals surface area contributed by atoms with Gasteiger partial charge in [0.05, 0.1) is 21.5 Å². The summed E-state index contributed by atoms with van der Waals surface area (Å²) in [7, 11) is 0. The van der Waals surface area contributed by atoms with Crippen LogP contribution in [0.1, 0.15) is 50.6 Å². The first kappa shape index (κ1) is 15.5. The summed E-state index contributed by atoms with van der Waals surface area (Å²) in [5, 5.41) is 3.45. The van der Waals surface area contributed by atoms with Crippen LogP contribution in [0.5, 0.6) is 0 Å². The molecule has 0 aromatic carbocycles. The zero-order chi connectivity index (χ0) is 16.9. The Bertz CT molecular complexity index is 837. The number of hydrogen-bond donors (Lipinski definition) is 1. The standard InChI is InChI=1S/C19H21N3OS/c1-4-19(14-7-5-6-8-20-14)15-12(9-18(2,3)10-13(15)23)22-17-16(19)24-11-21-17/h5-8,11,22H,4,9-10H2,1-3H3. The van der Waals surface area contributed by atoms with Gasteiger partial charge in [-0.15, -0.1) is 11.3 Å². The van der Waals surface area contributed by atoms with Crippen LogP contribution in [0.3, 0.4) is 0 Å². The number of pyridine rings is 1. The van der Waals surface area contributed by atoms with Crippen molar-refractivity contribution in [2.75, 3.05) is 5.32 Å². The van der Waals surface area contributed by atoms with Gasteiger partial charge in [-0.1, -0.05) is 26.8 Å². The number of fused-ring (bicyclic) bond motifs is 1. The molecule has 1 atom stereocenters. The molecule has 4 rings (SSSR count). The molecule has 0 bridgehead atoms. The van der Waals surface area contributed by atoms with Crippen molar-refractivity contribution in [3.8, 4) is 0 Å². The maximum absolute atomic E-state index is 13.2. The van der Waals surface area contributed by atoms with Crippen LogP contribution in [0.15, 0.2) is 41.2 Å². The summed E-state index contributed by atoms with van der Waals surface area (Å²) in [6, 6.07) is 5.96. The predicted octanol–water partition coefficient (Wildman–Crippen LogP) is 4.30. The molecule has 1 aliphatic heterocycles. The number of thiazole rings is 1. The zero-order valence-electron chi connectivity index (χ0n) is 14.2. The van der Waals surface area contributed by atoms with Crippen molar-refractivity contribution >= 4 is 22.9 Å². The molecule has 2 aliphatic rings. The molecule has 5 heteroatoms. The first-order chi connectivity index (χ1) is 11.5. The summed E-state index contributed by atoms with van der Waals surface area (Å²) in [5.74, 6) is 1.12. The Balaban J connectivity index is 2.03. The third kappa shape index (κ3) is 2.07. The van der Waals surface area contributed by atoms with Crippen LogP contribution in [-0.4, -0.2) is 15.8 Å². The Kier molecular flexibility index (Phi) is 3.39. The van der Waals surface area contributed by atoms with Gasteiger partial charge in [0, 0.05) is 23.9 Å². The van der Waals surface area contributed by atoms with Crippen LogP contribution < -0.4 is 5.32 Å². The van der Waals surface area contributed by atoms with Crippen LogP contribution in [-0.2, 0) is 10.2 Å². The molecular weight excluding hydrogens is 318 g/mol. The maximum atomic E-state index is 13.2. The third-order valence-corrected chi connectivity index (χ3v) is 6.15. The molecular formula is C19H21N3OS. The van der Waals surface area contributed by atoms with Crippen LogP contribution in [0.4, 0.5) is 5.82 Å². The van der Waals surface area contributed by atoms with E-state index in [1.807, 2.05) is 29.9 Å². The lowest BCUT2D eigenvalue weighted by molar-refractivity contribution is -0.118. The quantitative estimate of drug-likeness (QED) is 0.886. The van der Waals surface area contributed by atoms with Gasteiger partial charge in [-0.3, -0.25) is 9.78 Å². The molecule has 2 aromatic heterocycles. The zero-order valence-corrected chi connectivity index (χ0v) is 15.0. The lowest BCUT2D eigenvalue weighted by Crippen LogP contribution is -2.43. The average Bonchev–Trinajstić information content (AvgIpc) is 3.01. The highest BCUT2D eigenvalue weighted by Crippen LogP contribution is 2.54. The summed E-state index contributed by atoms with van der Waals surface area (Å²) in [4.78, 5) is 23.5. The Labute approximate surface area is 146 Å². The highest BCUT2D eigenvalue weighted by molar-refractivity contribution is 7.10. The summed E-state index contributed by atoms with van der Waals surface area (Å²) >= 11 is 1.61. The molecule has 2 aromatic rings. The number of rotatable bonds is 2. The number of carbonyl (C=O) groups excluding carboxylic acids is 1. The van der Waals surface area contributed by atoms with E-state index in [4.69, 9.17) is 0 Å². The molecule has 0 saturated carbocycles. The van der Waals surface area contributed by atoms with E-state index in [0.29, 0.717) is 6.42 Å². The largest absolute Gasteiger partial charge is 0.342 e. The van der Waals surface area contributed by atoms with Crippen molar-refractivity contribution in [1.29, 1.82) is 0 Å². The summed E-state index contributed by atoms with van der Waals surface area (Å²) < 4.78 is 0. The van der Waals surface area contributed by atoms with Gasteiger partial charge in [0.2, 0.25) is 0 Å². The van der Waals surface area contributed by atoms with E-state index in [9.17, 15) is 4.79 Å². The van der Waals surface area contributed by atoms with E-state index in [1.54, 1.807) is 11.3 Å². The van der Waals surface area contributed by atoms with Gasteiger partial charge in [-0.05, 0) is 30.4 Å². The Morgan fingerprint density at radius 3 is 2.79 bits per heavy atom. The molecule has 3 heterocycles. The number of aromatic nitrogens is 2. The van der Waals surface area contributed by atoms with Crippen LogP contribution in [0, 0.1) is 5.41 Å². The maximum Gasteiger partial charge on any atom is 0.162 e. The summed E-state index contributed by atoms with van der Waals surface area (Å²) in [5.41, 5.74) is 4.23. The highest BCUT2D eigenvalue weighted by Gasteiger charge is 2.51. The number of allylic oxidation sites excluding steroid dienone is 2. The van der Waals surface area contributed by atoms with E-state index >= 15 is 0 Å². The smallest absolute Gasteiger partial charge is 0.162 e. The van der Waals surface area contributed by atoms with E-state index in [1.165, 1.54) is 0 Å². The Hall–Kier alpha value is -2.01. The fraction of sp³-hybridized carbons (Fsp3) is 0.421. The van der Waals surface area contributed by atoms with E-state index in [0.717, 1.165) is 40.5 Å². The van der Waals surface area contributed by atoms with Gasteiger partial charge in [-0.25, -0.2) is 4.98 Å². The lowest BCUT2D eigenvalue weighted by atomic mass is 9.63. The molecule has 4 nitrogen and oxygen atoms in total. The molecule has 0 fully saturated rings. The average molecular weight is 339 g/mol. The van der Waals surface area contributed by atoms with Crippen molar-refractivity contribution in [3.05, 3.63) is 51.7 Å². The van der Waals surface area contributed by atoms with Gasteiger partial charge >= 0.3 is 0 Å². The third-order valence-electron chi connectivity index (χ3n) is 5.16. The minimum Gasteiger partial charge on any atom is -0.342 e. The lowest BCUT2D eigenvalue weighted by Gasteiger charge is -2.44. The number of ketones is 1. The molecule has 124 valence electrons.